The Labute approximate surface area is 166 Å². The number of amidine groups is 2. The molecule has 2 aromatic carbocycles. The fourth-order valence-corrected chi connectivity index (χ4v) is 2.80. The second-order valence-corrected chi connectivity index (χ2v) is 6.70. The maximum Gasteiger partial charge on any atom is 0.122 e. The molecular weight excluding hydrogens is 352 g/mol. The molecule has 6 nitrogen and oxygen atoms in total. The molecule has 28 heavy (non-hydrogen) atoms. The molecule has 0 bridgehead atoms. The van der Waals surface area contributed by atoms with Gasteiger partial charge in [-0.05, 0) is 37.1 Å². The smallest absolute Gasteiger partial charge is 0.122 e. The second kappa shape index (κ2) is 11.6. The number of nitrogens with one attached hydrogen (secondary N) is 2. The van der Waals surface area contributed by atoms with E-state index in [2.05, 4.69) is 0 Å². The maximum atomic E-state index is 7.44. The van der Waals surface area contributed by atoms with Crippen LogP contribution in [0.4, 0.5) is 0 Å². The number of rotatable bonds is 13. The lowest BCUT2D eigenvalue weighted by Gasteiger charge is -2.08. The molecule has 150 valence electrons. The maximum absolute atomic E-state index is 7.44. The van der Waals surface area contributed by atoms with Gasteiger partial charge in [-0.1, -0.05) is 49.9 Å². The monoisotopic (exact) mass is 382 g/mol. The minimum absolute atomic E-state index is 0.0565. The highest BCUT2D eigenvalue weighted by molar-refractivity contribution is 5.95. The highest BCUT2D eigenvalue weighted by Gasteiger charge is 2.01. The summed E-state index contributed by atoms with van der Waals surface area (Å²) in [5.41, 5.74) is 12.3. The summed E-state index contributed by atoms with van der Waals surface area (Å²) < 4.78 is 11.4. The third kappa shape index (κ3) is 7.70. The first-order valence-electron chi connectivity index (χ1n) is 9.71. The molecule has 0 atom stereocenters. The second-order valence-electron chi connectivity index (χ2n) is 6.70. The van der Waals surface area contributed by atoms with Gasteiger partial charge in [-0.15, -0.1) is 0 Å². The van der Waals surface area contributed by atoms with Crippen molar-refractivity contribution in [2.24, 2.45) is 11.5 Å². The summed E-state index contributed by atoms with van der Waals surface area (Å²) in [6.07, 6.45) is 6.65. The molecule has 0 amide bonds. The van der Waals surface area contributed by atoms with Gasteiger partial charge in [0.2, 0.25) is 0 Å². The quantitative estimate of drug-likeness (QED) is 0.237. The van der Waals surface area contributed by atoms with Crippen molar-refractivity contribution in [3.8, 4) is 11.5 Å². The summed E-state index contributed by atoms with van der Waals surface area (Å²) in [6, 6.07) is 14.7. The zero-order chi connectivity index (χ0) is 20.2. The first kappa shape index (κ1) is 21.3. The third-order valence-corrected chi connectivity index (χ3v) is 4.37. The van der Waals surface area contributed by atoms with Gasteiger partial charge in [-0.25, -0.2) is 0 Å². The van der Waals surface area contributed by atoms with Crippen LogP contribution in [-0.4, -0.2) is 24.9 Å². The summed E-state index contributed by atoms with van der Waals surface area (Å²) in [5.74, 6) is 1.64. The highest BCUT2D eigenvalue weighted by Crippen LogP contribution is 2.15. The Morgan fingerprint density at radius 2 is 1.04 bits per heavy atom. The van der Waals surface area contributed by atoms with Crippen molar-refractivity contribution < 1.29 is 9.47 Å². The van der Waals surface area contributed by atoms with Crippen molar-refractivity contribution in [1.82, 2.24) is 0 Å². The van der Waals surface area contributed by atoms with Crippen LogP contribution in [-0.2, 0) is 0 Å². The van der Waals surface area contributed by atoms with Gasteiger partial charge < -0.3 is 20.9 Å². The fraction of sp³-hybridized carbons (Fsp3) is 0.364. The zero-order valence-electron chi connectivity index (χ0n) is 16.2. The molecule has 0 unspecified atom stereocenters. The van der Waals surface area contributed by atoms with Gasteiger partial charge in [0, 0.05) is 11.1 Å². The van der Waals surface area contributed by atoms with Crippen molar-refractivity contribution in [3.05, 3.63) is 59.7 Å². The number of hydrogen-bond acceptors (Lipinski definition) is 4. The average molecular weight is 383 g/mol. The molecule has 6 N–H and O–H groups in total. The minimum Gasteiger partial charge on any atom is -0.494 e. The topological polar surface area (TPSA) is 118 Å². The number of nitrogen functional groups attached to an aromatic ring is 2. The molecule has 0 aliphatic heterocycles. The van der Waals surface area contributed by atoms with E-state index in [1.807, 2.05) is 24.3 Å². The molecule has 0 aliphatic rings. The molecule has 0 saturated heterocycles. The van der Waals surface area contributed by atoms with E-state index in [1.54, 1.807) is 24.3 Å². The Kier molecular flexibility index (Phi) is 8.85. The van der Waals surface area contributed by atoms with Crippen molar-refractivity contribution in [1.29, 1.82) is 10.8 Å². The minimum atomic E-state index is 0.0565. The van der Waals surface area contributed by atoms with Crippen LogP contribution >= 0.6 is 0 Å². The third-order valence-electron chi connectivity index (χ3n) is 4.37. The van der Waals surface area contributed by atoms with Crippen LogP contribution < -0.4 is 20.9 Å². The number of ether oxygens (including phenoxy) is 2. The summed E-state index contributed by atoms with van der Waals surface area (Å²) in [6.45, 7) is 1.36. The lowest BCUT2D eigenvalue weighted by Crippen LogP contribution is -2.11. The molecule has 0 saturated carbocycles. The van der Waals surface area contributed by atoms with Gasteiger partial charge in [0.25, 0.3) is 0 Å². The number of nitrogens with two attached hydrogens (primary N) is 2. The van der Waals surface area contributed by atoms with E-state index in [9.17, 15) is 0 Å². The SMILES string of the molecule is N=C(N)c1cccc(OCCCCCCCCOc2cccc(C(=N)N)c2)c1. The highest BCUT2D eigenvalue weighted by atomic mass is 16.5. The van der Waals surface area contributed by atoms with E-state index in [-0.39, 0.29) is 11.7 Å². The van der Waals surface area contributed by atoms with Crippen LogP contribution in [0, 0.1) is 10.8 Å². The van der Waals surface area contributed by atoms with Gasteiger partial charge in [-0.3, -0.25) is 10.8 Å². The van der Waals surface area contributed by atoms with E-state index in [0.717, 1.165) is 37.2 Å². The Hall–Kier alpha value is -3.02. The van der Waals surface area contributed by atoms with Crippen LogP contribution in [0.25, 0.3) is 0 Å². The van der Waals surface area contributed by atoms with Crippen molar-refractivity contribution in [2.45, 2.75) is 38.5 Å². The molecule has 2 rings (SSSR count). The van der Waals surface area contributed by atoms with Crippen LogP contribution in [0.15, 0.2) is 48.5 Å². The van der Waals surface area contributed by atoms with Crippen molar-refractivity contribution in [3.63, 3.8) is 0 Å². The molecule has 0 fully saturated rings. The Morgan fingerprint density at radius 1 is 0.643 bits per heavy atom. The van der Waals surface area contributed by atoms with Crippen LogP contribution in [0.2, 0.25) is 0 Å². The largest absolute Gasteiger partial charge is 0.494 e. The van der Waals surface area contributed by atoms with E-state index >= 15 is 0 Å². The molecule has 0 spiro atoms. The molecule has 0 heterocycles. The van der Waals surface area contributed by atoms with E-state index in [1.165, 1.54) is 12.8 Å². The number of benzene rings is 2. The lowest BCUT2D eigenvalue weighted by atomic mass is 10.1. The summed E-state index contributed by atoms with van der Waals surface area (Å²) in [4.78, 5) is 0. The van der Waals surface area contributed by atoms with Crippen LogP contribution in [0.3, 0.4) is 0 Å². The molecule has 0 aliphatic carbocycles. The standard InChI is InChI=1S/C22H30N4O2/c23-21(24)17-9-7-11-19(15-17)27-13-5-3-1-2-4-6-14-28-20-12-8-10-18(16-20)22(25)26/h7-12,15-16H,1-6,13-14H2,(H3,23,24)(H3,25,26). The molecule has 0 aromatic heterocycles. The number of hydrogen-bond donors (Lipinski definition) is 4. The van der Waals surface area contributed by atoms with E-state index in [4.69, 9.17) is 31.8 Å². The van der Waals surface area contributed by atoms with Crippen LogP contribution in [0.1, 0.15) is 49.7 Å². The average Bonchev–Trinajstić information content (AvgIpc) is 2.69. The lowest BCUT2D eigenvalue weighted by molar-refractivity contribution is 0.297. The van der Waals surface area contributed by atoms with Gasteiger partial charge in [0.15, 0.2) is 0 Å². The van der Waals surface area contributed by atoms with E-state index in [0.29, 0.717) is 24.3 Å². The molecular formula is C22H30N4O2. The summed E-state index contributed by atoms with van der Waals surface area (Å²) in [7, 11) is 0. The predicted octanol–water partition coefficient (Wildman–Crippen LogP) is 4.05. The fourth-order valence-electron chi connectivity index (χ4n) is 2.80. The van der Waals surface area contributed by atoms with Gasteiger partial charge in [-0.2, -0.15) is 0 Å². The normalized spacial score (nSPS) is 10.4. The van der Waals surface area contributed by atoms with Gasteiger partial charge in [0.05, 0.1) is 13.2 Å². The summed E-state index contributed by atoms with van der Waals surface area (Å²) >= 11 is 0. The first-order chi connectivity index (χ1) is 13.6. The molecule has 2 aromatic rings. The van der Waals surface area contributed by atoms with Crippen molar-refractivity contribution >= 4 is 11.7 Å². The van der Waals surface area contributed by atoms with Gasteiger partial charge >= 0.3 is 0 Å². The van der Waals surface area contributed by atoms with Gasteiger partial charge in [0.1, 0.15) is 23.2 Å². The Balaban J connectivity index is 1.49. The summed E-state index contributed by atoms with van der Waals surface area (Å²) in [5, 5.41) is 14.9. The number of unbranched alkanes of at least 4 members (excludes halogenated alkanes) is 5. The zero-order valence-corrected chi connectivity index (χ0v) is 16.2. The Morgan fingerprint density at radius 3 is 1.43 bits per heavy atom. The van der Waals surface area contributed by atoms with Crippen LogP contribution in [0.5, 0.6) is 11.5 Å². The first-order valence-corrected chi connectivity index (χ1v) is 9.71. The Bertz CT molecular complexity index is 711. The van der Waals surface area contributed by atoms with Crippen molar-refractivity contribution in [2.75, 3.05) is 13.2 Å². The predicted molar refractivity (Wildman–Crippen MR) is 114 cm³/mol. The molecule has 0 radical (unpaired) electrons. The molecule has 6 heteroatoms. The van der Waals surface area contributed by atoms with E-state index < -0.39 is 0 Å².